The van der Waals surface area contributed by atoms with Crippen LogP contribution in [-0.2, 0) is 6.54 Å². The molecule has 1 N–H and O–H groups in total. The zero-order chi connectivity index (χ0) is 26.8. The standard InChI is InChI=1S/C31H24BrN5O2/c32-25-15-11-24(12-16-25)29-30-31(35-34-29)36(20-21-7-3-1-4-8-21)28(23-9-5-2-6-10-23)19-27(33-30)22-13-17-26(18-14-22)37(38)39/h1-18,28H,19-20H2,(H,34,35)/t28-/m0/s1. The third-order valence-electron chi connectivity index (χ3n) is 6.93. The van der Waals surface area contributed by atoms with Gasteiger partial charge < -0.3 is 4.90 Å². The van der Waals surface area contributed by atoms with E-state index in [1.165, 1.54) is 12.1 Å². The van der Waals surface area contributed by atoms with Gasteiger partial charge in [0.25, 0.3) is 5.69 Å². The van der Waals surface area contributed by atoms with Crippen molar-refractivity contribution in [3.05, 3.63) is 140 Å². The molecule has 0 aliphatic carbocycles. The topological polar surface area (TPSA) is 87.4 Å². The van der Waals surface area contributed by atoms with E-state index >= 15 is 0 Å². The maximum Gasteiger partial charge on any atom is 0.269 e. The Hall–Kier alpha value is -4.56. The van der Waals surface area contributed by atoms with Crippen molar-refractivity contribution in [1.29, 1.82) is 0 Å². The van der Waals surface area contributed by atoms with E-state index in [1.807, 2.05) is 60.7 Å². The van der Waals surface area contributed by atoms with Crippen molar-refractivity contribution < 1.29 is 4.92 Å². The summed E-state index contributed by atoms with van der Waals surface area (Å²) in [5, 5.41) is 19.4. The van der Waals surface area contributed by atoms with E-state index in [0.29, 0.717) is 13.0 Å². The van der Waals surface area contributed by atoms with Crippen LogP contribution in [0.5, 0.6) is 0 Å². The molecule has 0 fully saturated rings. The van der Waals surface area contributed by atoms with Gasteiger partial charge in [-0.15, -0.1) is 0 Å². The van der Waals surface area contributed by atoms with Gasteiger partial charge in [-0.25, -0.2) is 4.99 Å². The van der Waals surface area contributed by atoms with E-state index in [0.717, 1.165) is 49.6 Å². The molecule has 0 saturated heterocycles. The van der Waals surface area contributed by atoms with Crippen molar-refractivity contribution >= 4 is 38.8 Å². The first kappa shape index (κ1) is 24.8. The highest BCUT2D eigenvalue weighted by Gasteiger charge is 2.32. The van der Waals surface area contributed by atoms with Crippen LogP contribution in [0, 0.1) is 10.1 Å². The number of hydrogen-bond acceptors (Lipinski definition) is 5. The number of halogens is 1. The smallest absolute Gasteiger partial charge is 0.269 e. The predicted octanol–water partition coefficient (Wildman–Crippen LogP) is 8.02. The number of aromatic nitrogens is 2. The van der Waals surface area contributed by atoms with Crippen molar-refractivity contribution in [2.75, 3.05) is 4.90 Å². The number of aromatic amines is 1. The summed E-state index contributed by atoms with van der Waals surface area (Å²) in [6.07, 6.45) is 0.602. The SMILES string of the molecule is O=[N+]([O-])c1ccc(C2=Nc3c(n[nH]c3-c3ccc(Br)cc3)N(Cc3ccccc3)[C@H](c3ccccc3)C2)cc1. The molecule has 192 valence electrons. The molecule has 0 amide bonds. The van der Waals surface area contributed by atoms with Crippen molar-refractivity contribution in [2.24, 2.45) is 4.99 Å². The van der Waals surface area contributed by atoms with Gasteiger partial charge in [0.15, 0.2) is 5.82 Å². The van der Waals surface area contributed by atoms with Gasteiger partial charge in [-0.05, 0) is 41.0 Å². The molecule has 0 bridgehead atoms. The Morgan fingerprint density at radius 2 is 1.51 bits per heavy atom. The van der Waals surface area contributed by atoms with Gasteiger partial charge >= 0.3 is 0 Å². The molecule has 0 saturated carbocycles. The Balaban J connectivity index is 1.54. The lowest BCUT2D eigenvalue weighted by Gasteiger charge is -2.31. The fourth-order valence-corrected chi connectivity index (χ4v) is 5.23. The fraction of sp³-hybridized carbons (Fsp3) is 0.0968. The third kappa shape index (κ3) is 5.11. The lowest BCUT2D eigenvalue weighted by atomic mass is 9.95. The van der Waals surface area contributed by atoms with E-state index in [9.17, 15) is 10.1 Å². The second kappa shape index (κ2) is 10.7. The maximum atomic E-state index is 11.3. The zero-order valence-corrected chi connectivity index (χ0v) is 22.5. The molecule has 0 unspecified atom stereocenters. The van der Waals surface area contributed by atoms with Gasteiger partial charge in [0.1, 0.15) is 5.69 Å². The molecule has 4 aromatic carbocycles. The van der Waals surface area contributed by atoms with Crippen molar-refractivity contribution in [3.63, 3.8) is 0 Å². The molecule has 39 heavy (non-hydrogen) atoms. The Kier molecular flexibility index (Phi) is 6.77. The molecular formula is C31H24BrN5O2. The van der Waals surface area contributed by atoms with E-state index in [-0.39, 0.29) is 16.7 Å². The molecule has 1 aliphatic rings. The lowest BCUT2D eigenvalue weighted by Crippen LogP contribution is -2.29. The number of fused-ring (bicyclic) bond motifs is 1. The molecule has 5 aromatic rings. The van der Waals surface area contributed by atoms with Crippen LogP contribution in [0.25, 0.3) is 11.3 Å². The number of benzene rings is 4. The second-order valence-electron chi connectivity index (χ2n) is 9.38. The summed E-state index contributed by atoms with van der Waals surface area (Å²) >= 11 is 3.52. The van der Waals surface area contributed by atoms with Crippen LogP contribution in [0.3, 0.4) is 0 Å². The number of anilines is 1. The molecule has 0 spiro atoms. The largest absolute Gasteiger partial charge is 0.342 e. The Bertz CT molecular complexity index is 1630. The van der Waals surface area contributed by atoms with Crippen LogP contribution >= 0.6 is 15.9 Å². The molecule has 1 aliphatic heterocycles. The lowest BCUT2D eigenvalue weighted by molar-refractivity contribution is -0.384. The maximum absolute atomic E-state index is 11.3. The Morgan fingerprint density at radius 3 is 2.18 bits per heavy atom. The van der Waals surface area contributed by atoms with E-state index < -0.39 is 0 Å². The zero-order valence-electron chi connectivity index (χ0n) is 20.9. The van der Waals surface area contributed by atoms with Crippen molar-refractivity contribution in [1.82, 2.24) is 10.2 Å². The van der Waals surface area contributed by atoms with Crippen LogP contribution in [0.2, 0.25) is 0 Å². The Morgan fingerprint density at radius 1 is 0.872 bits per heavy atom. The number of nitro benzene ring substituents is 1. The first-order valence-electron chi connectivity index (χ1n) is 12.6. The van der Waals surface area contributed by atoms with Gasteiger partial charge in [-0.3, -0.25) is 15.2 Å². The monoisotopic (exact) mass is 577 g/mol. The van der Waals surface area contributed by atoms with Gasteiger partial charge in [-0.1, -0.05) is 88.7 Å². The molecular weight excluding hydrogens is 554 g/mol. The molecule has 8 heteroatoms. The number of nitrogens with one attached hydrogen (secondary N) is 1. The van der Waals surface area contributed by atoms with Crippen LogP contribution in [0.1, 0.15) is 29.2 Å². The van der Waals surface area contributed by atoms with Gasteiger partial charge in [0.2, 0.25) is 0 Å². The highest BCUT2D eigenvalue weighted by molar-refractivity contribution is 9.10. The van der Waals surface area contributed by atoms with Crippen LogP contribution in [-0.4, -0.2) is 20.8 Å². The van der Waals surface area contributed by atoms with Crippen LogP contribution in [0.15, 0.2) is 119 Å². The molecule has 0 radical (unpaired) electrons. The summed E-state index contributed by atoms with van der Waals surface area (Å²) < 4.78 is 0.988. The van der Waals surface area contributed by atoms with Crippen molar-refractivity contribution in [2.45, 2.75) is 19.0 Å². The van der Waals surface area contributed by atoms with Gasteiger partial charge in [0, 0.05) is 35.1 Å². The summed E-state index contributed by atoms with van der Waals surface area (Å²) in [4.78, 5) is 18.4. The number of nitrogens with zero attached hydrogens (tertiary/aromatic N) is 4. The predicted molar refractivity (Wildman–Crippen MR) is 157 cm³/mol. The molecule has 2 heterocycles. The number of nitro groups is 1. The summed E-state index contributed by atoms with van der Waals surface area (Å²) in [7, 11) is 0. The van der Waals surface area contributed by atoms with E-state index in [2.05, 4.69) is 50.2 Å². The van der Waals surface area contributed by atoms with Crippen LogP contribution in [0.4, 0.5) is 17.2 Å². The average Bonchev–Trinajstić information content (AvgIpc) is 3.31. The normalized spacial score (nSPS) is 14.8. The summed E-state index contributed by atoms with van der Waals surface area (Å²) in [5.41, 5.74) is 6.59. The highest BCUT2D eigenvalue weighted by Crippen LogP contribution is 2.45. The minimum absolute atomic E-state index is 0.0536. The highest BCUT2D eigenvalue weighted by atomic mass is 79.9. The number of hydrogen-bond donors (Lipinski definition) is 1. The van der Waals surface area contributed by atoms with Crippen molar-refractivity contribution in [3.8, 4) is 11.3 Å². The van der Waals surface area contributed by atoms with Gasteiger partial charge in [-0.2, -0.15) is 5.10 Å². The van der Waals surface area contributed by atoms with Crippen LogP contribution < -0.4 is 4.90 Å². The number of aliphatic imine (C=N–C) groups is 1. The first-order valence-corrected chi connectivity index (χ1v) is 13.4. The third-order valence-corrected chi connectivity index (χ3v) is 7.46. The molecule has 7 nitrogen and oxygen atoms in total. The quantitative estimate of drug-likeness (QED) is 0.163. The molecule has 6 rings (SSSR count). The molecule has 1 atom stereocenters. The number of H-pyrrole nitrogens is 1. The number of rotatable bonds is 6. The fourth-order valence-electron chi connectivity index (χ4n) is 4.97. The summed E-state index contributed by atoms with van der Waals surface area (Å²) in [6.45, 7) is 0.640. The summed E-state index contributed by atoms with van der Waals surface area (Å²) in [6, 6.07) is 35.3. The first-order chi connectivity index (χ1) is 19.1. The minimum atomic E-state index is -0.382. The average molecular weight is 578 g/mol. The molecule has 1 aromatic heterocycles. The summed E-state index contributed by atoms with van der Waals surface area (Å²) in [5.74, 6) is 0.766. The van der Waals surface area contributed by atoms with Gasteiger partial charge in [0.05, 0.1) is 22.4 Å². The van der Waals surface area contributed by atoms with E-state index in [4.69, 9.17) is 10.1 Å². The second-order valence-corrected chi connectivity index (χ2v) is 10.3. The number of non-ortho nitro benzene ring substituents is 1. The minimum Gasteiger partial charge on any atom is -0.342 e. The Labute approximate surface area is 234 Å². The van der Waals surface area contributed by atoms with E-state index in [1.54, 1.807) is 12.1 Å².